The van der Waals surface area contributed by atoms with Gasteiger partial charge in [0.15, 0.2) is 0 Å². The number of benzene rings is 4. The first-order chi connectivity index (χ1) is 26.6. The van der Waals surface area contributed by atoms with Crippen molar-refractivity contribution in [2.24, 2.45) is 34.5 Å². The lowest BCUT2D eigenvalue weighted by Crippen LogP contribution is -2.14. The summed E-state index contributed by atoms with van der Waals surface area (Å²) < 4.78 is 22.8. The molecule has 2 aliphatic rings. The van der Waals surface area contributed by atoms with Crippen LogP contribution in [-0.4, -0.2) is 11.9 Å². The van der Waals surface area contributed by atoms with Crippen LogP contribution in [-0.2, 0) is 19.1 Å². The maximum atomic E-state index is 12.6. The van der Waals surface area contributed by atoms with Crippen LogP contribution in [0.4, 0.5) is 0 Å². The molecule has 0 aromatic heterocycles. The summed E-state index contributed by atoms with van der Waals surface area (Å²) in [6.07, 6.45) is 1.23. The first-order valence-corrected chi connectivity index (χ1v) is 19.1. The van der Waals surface area contributed by atoms with Gasteiger partial charge in [0.2, 0.25) is 12.2 Å². The second-order valence-corrected chi connectivity index (χ2v) is 16.4. The minimum Gasteiger partial charge on any atom is -0.457 e. The van der Waals surface area contributed by atoms with Crippen LogP contribution in [0.5, 0.6) is 23.0 Å². The summed E-state index contributed by atoms with van der Waals surface area (Å²) in [6, 6.07) is 36.6. The van der Waals surface area contributed by atoms with Crippen molar-refractivity contribution in [3.63, 3.8) is 0 Å². The Bertz CT molecular complexity index is 2020. The second-order valence-electron chi connectivity index (χ2n) is 14.4. The van der Waals surface area contributed by atoms with Crippen LogP contribution in [0.25, 0.3) is 0 Å². The molecule has 0 heterocycles. The summed E-state index contributed by atoms with van der Waals surface area (Å²) in [6.45, 7) is 7.75. The van der Waals surface area contributed by atoms with Crippen LogP contribution in [0.3, 0.4) is 0 Å². The van der Waals surface area contributed by atoms with Crippen molar-refractivity contribution >= 4 is 58.3 Å². The summed E-state index contributed by atoms with van der Waals surface area (Å²) in [7, 11) is 0. The molecule has 0 bridgehead atoms. The van der Waals surface area contributed by atoms with Gasteiger partial charge >= 0.3 is 11.9 Å². The normalized spacial score (nSPS) is 20.4. The van der Waals surface area contributed by atoms with Crippen LogP contribution in [0.2, 0.25) is 0 Å². The quantitative estimate of drug-likeness (QED) is 0.129. The topological polar surface area (TPSA) is 119 Å². The molecule has 6 rings (SSSR count). The number of nitriles is 2. The highest BCUT2D eigenvalue weighted by molar-refractivity contribution is 6.56. The Morgan fingerprint density at radius 1 is 0.571 bits per heavy atom. The molecule has 0 aliphatic heterocycles. The standard InChI is InChI=1S/2C22H19Cl2NO3/c2*1-22(2)17(12-19(23)24)20(22)21(26)28-18(13-25)14-7-6-10-16(11-14)27-15-8-4-3-5-9-15/h2*3-12,17-18,20H,1-2H3. The van der Waals surface area contributed by atoms with E-state index in [0.717, 1.165) is 0 Å². The number of allylic oxidation sites excluding steroid dienone is 2. The zero-order valence-electron chi connectivity index (χ0n) is 30.9. The fourth-order valence-corrected chi connectivity index (χ4v) is 7.14. The van der Waals surface area contributed by atoms with Gasteiger partial charge in [0, 0.05) is 11.1 Å². The van der Waals surface area contributed by atoms with Crippen LogP contribution in [0, 0.1) is 57.2 Å². The molecule has 4 aromatic rings. The molecule has 56 heavy (non-hydrogen) atoms. The number of ether oxygens (including phenoxy) is 4. The summed E-state index contributed by atoms with van der Waals surface area (Å²) in [5.41, 5.74) is 0.463. The van der Waals surface area contributed by atoms with E-state index in [-0.39, 0.29) is 43.5 Å². The minimum atomic E-state index is -1.03. The Labute approximate surface area is 346 Å². The van der Waals surface area contributed by atoms with Crippen LogP contribution in [0.15, 0.2) is 130 Å². The largest absolute Gasteiger partial charge is 0.457 e. The lowest BCUT2D eigenvalue weighted by molar-refractivity contribution is -0.150. The fraction of sp³-hybridized carbons (Fsp3) is 0.273. The zero-order chi connectivity index (χ0) is 40.6. The predicted octanol–water partition coefficient (Wildman–Crippen LogP) is 12.4. The van der Waals surface area contributed by atoms with Gasteiger partial charge in [-0.05, 0) is 83.3 Å². The molecule has 0 amide bonds. The monoisotopic (exact) mass is 830 g/mol. The highest BCUT2D eigenvalue weighted by Crippen LogP contribution is 2.61. The average Bonchev–Trinajstić information content (AvgIpc) is 3.93. The van der Waals surface area contributed by atoms with Crippen molar-refractivity contribution in [2.75, 3.05) is 0 Å². The molecule has 0 N–H and O–H groups in total. The minimum absolute atomic E-state index is 0.114. The predicted molar refractivity (Wildman–Crippen MR) is 216 cm³/mol. The summed E-state index contributed by atoms with van der Waals surface area (Å²) in [5.74, 6) is 0.579. The smallest absolute Gasteiger partial charge is 0.311 e. The van der Waals surface area contributed by atoms with Gasteiger partial charge in [-0.2, -0.15) is 10.5 Å². The van der Waals surface area contributed by atoms with Crippen molar-refractivity contribution in [1.29, 1.82) is 10.5 Å². The maximum Gasteiger partial charge on any atom is 0.311 e. The van der Waals surface area contributed by atoms with E-state index in [9.17, 15) is 20.1 Å². The molecule has 6 unspecified atom stereocenters. The molecule has 4 aromatic carbocycles. The lowest BCUT2D eigenvalue weighted by Gasteiger charge is -2.13. The Morgan fingerprint density at radius 2 is 0.911 bits per heavy atom. The molecule has 2 fully saturated rings. The van der Waals surface area contributed by atoms with Crippen LogP contribution in [0.1, 0.15) is 51.0 Å². The Balaban J connectivity index is 0.000000214. The number of rotatable bonds is 12. The average molecular weight is 833 g/mol. The summed E-state index contributed by atoms with van der Waals surface area (Å²) in [4.78, 5) is 25.2. The summed E-state index contributed by atoms with van der Waals surface area (Å²) >= 11 is 22.9. The van der Waals surface area contributed by atoms with Gasteiger partial charge in [0.05, 0.1) is 11.8 Å². The molecule has 2 aliphatic carbocycles. The first-order valence-electron chi connectivity index (χ1n) is 17.6. The third-order valence-electron chi connectivity index (χ3n) is 9.92. The number of halogens is 4. The van der Waals surface area contributed by atoms with E-state index < -0.39 is 24.1 Å². The first kappa shape index (κ1) is 42.2. The van der Waals surface area contributed by atoms with Crippen molar-refractivity contribution in [1.82, 2.24) is 0 Å². The van der Waals surface area contributed by atoms with Gasteiger partial charge in [-0.25, -0.2) is 0 Å². The summed E-state index contributed by atoms with van der Waals surface area (Å²) in [5, 5.41) is 19.1. The molecule has 0 radical (unpaired) electrons. The van der Waals surface area contributed by atoms with E-state index in [1.165, 1.54) is 0 Å². The van der Waals surface area contributed by atoms with Crippen molar-refractivity contribution in [3.8, 4) is 35.1 Å². The number of carbonyl (C=O) groups is 2. The molecule has 0 saturated heterocycles. The molecule has 288 valence electrons. The third-order valence-corrected chi connectivity index (χ3v) is 10.4. The Morgan fingerprint density at radius 3 is 1.23 bits per heavy atom. The van der Waals surface area contributed by atoms with Crippen LogP contribution < -0.4 is 9.47 Å². The van der Waals surface area contributed by atoms with Crippen molar-refractivity contribution in [2.45, 2.75) is 39.9 Å². The number of hydrogen-bond acceptors (Lipinski definition) is 8. The number of nitrogens with zero attached hydrogens (tertiary/aromatic N) is 2. The number of para-hydroxylation sites is 2. The fourth-order valence-electron chi connectivity index (χ4n) is 6.60. The van der Waals surface area contributed by atoms with E-state index in [1.807, 2.05) is 100 Å². The SMILES string of the molecule is CC1(C)C(C=C(Cl)Cl)C1C(=O)OC(C#N)c1cccc(Oc2ccccc2)c1.CC1(C)C(C=C(Cl)Cl)C1C(=O)OC(C#N)c1cccc(Oc2ccccc2)c1. The van der Waals surface area contributed by atoms with E-state index in [1.54, 1.807) is 60.7 Å². The van der Waals surface area contributed by atoms with Gasteiger partial charge < -0.3 is 18.9 Å². The van der Waals surface area contributed by atoms with Crippen LogP contribution >= 0.6 is 46.4 Å². The number of esters is 2. The highest BCUT2D eigenvalue weighted by Gasteiger charge is 2.62. The van der Waals surface area contributed by atoms with E-state index >= 15 is 0 Å². The van der Waals surface area contributed by atoms with Gasteiger partial charge in [-0.3, -0.25) is 9.59 Å². The van der Waals surface area contributed by atoms with Crippen molar-refractivity contribution in [3.05, 3.63) is 141 Å². The molecule has 0 spiro atoms. The number of hydrogen-bond donors (Lipinski definition) is 0. The maximum absolute atomic E-state index is 12.6. The highest BCUT2D eigenvalue weighted by atomic mass is 35.5. The van der Waals surface area contributed by atoms with E-state index in [4.69, 9.17) is 65.4 Å². The Kier molecular flexibility index (Phi) is 13.8. The third kappa shape index (κ3) is 10.7. The second kappa shape index (κ2) is 18.3. The van der Waals surface area contributed by atoms with E-state index in [0.29, 0.717) is 34.1 Å². The van der Waals surface area contributed by atoms with Gasteiger partial charge in [-0.1, -0.05) is 135 Å². The molecular formula is C44H38Cl4N2O6. The molecule has 2 saturated carbocycles. The van der Waals surface area contributed by atoms with Gasteiger partial charge in [0.25, 0.3) is 0 Å². The van der Waals surface area contributed by atoms with Crippen molar-refractivity contribution < 1.29 is 28.5 Å². The molecular weight excluding hydrogens is 794 g/mol. The van der Waals surface area contributed by atoms with Gasteiger partial charge in [-0.15, -0.1) is 0 Å². The number of carbonyl (C=O) groups excluding carboxylic acids is 2. The Hall–Kier alpha value is -4.96. The molecule has 6 atom stereocenters. The van der Waals surface area contributed by atoms with Gasteiger partial charge in [0.1, 0.15) is 44.1 Å². The zero-order valence-corrected chi connectivity index (χ0v) is 33.9. The van der Waals surface area contributed by atoms with E-state index in [2.05, 4.69) is 0 Å². The molecule has 12 heteroatoms. The molecule has 8 nitrogen and oxygen atoms in total. The lowest BCUT2D eigenvalue weighted by atomic mass is 10.1.